The van der Waals surface area contributed by atoms with E-state index in [-0.39, 0.29) is 11.3 Å². The number of methoxy groups -OCH3 is 2. The van der Waals surface area contributed by atoms with Crippen molar-refractivity contribution in [2.45, 2.75) is 13.8 Å². The van der Waals surface area contributed by atoms with Gasteiger partial charge in [0.1, 0.15) is 5.70 Å². The summed E-state index contributed by atoms with van der Waals surface area (Å²) in [5, 5.41) is 3.68. The number of nitrogens with zero attached hydrogens (tertiary/aromatic N) is 1. The molecule has 1 heterocycles. The van der Waals surface area contributed by atoms with E-state index < -0.39 is 11.8 Å². The molecule has 33 heavy (non-hydrogen) atoms. The Kier molecular flexibility index (Phi) is 6.11. The molecule has 0 saturated carbocycles. The van der Waals surface area contributed by atoms with E-state index in [4.69, 9.17) is 21.1 Å². The lowest BCUT2D eigenvalue weighted by Crippen LogP contribution is -2.33. The molecule has 0 aromatic heterocycles. The molecule has 0 spiro atoms. The second-order valence-corrected chi connectivity index (χ2v) is 8.12. The lowest BCUT2D eigenvalue weighted by molar-refractivity contribution is -0.120. The van der Waals surface area contributed by atoms with E-state index >= 15 is 0 Å². The van der Waals surface area contributed by atoms with E-state index in [9.17, 15) is 9.59 Å². The van der Waals surface area contributed by atoms with Crippen molar-refractivity contribution in [1.82, 2.24) is 0 Å². The van der Waals surface area contributed by atoms with Crippen molar-refractivity contribution < 1.29 is 19.1 Å². The number of carbonyl (C=O) groups excluding carboxylic acids is 2. The zero-order chi connectivity index (χ0) is 23.7. The minimum Gasteiger partial charge on any atom is -0.493 e. The highest BCUT2D eigenvalue weighted by molar-refractivity contribution is 6.46. The number of amides is 2. The van der Waals surface area contributed by atoms with Crippen LogP contribution >= 0.6 is 11.6 Å². The highest BCUT2D eigenvalue weighted by atomic mass is 35.5. The predicted octanol–water partition coefficient (Wildman–Crippen LogP) is 5.37. The van der Waals surface area contributed by atoms with E-state index in [0.29, 0.717) is 33.5 Å². The lowest BCUT2D eigenvalue weighted by Gasteiger charge is -2.18. The summed E-state index contributed by atoms with van der Waals surface area (Å²) in [5.41, 5.74) is 4.04. The monoisotopic (exact) mass is 462 g/mol. The van der Waals surface area contributed by atoms with Crippen LogP contribution < -0.4 is 19.7 Å². The van der Waals surface area contributed by atoms with Crippen molar-refractivity contribution >= 4 is 40.4 Å². The molecular formula is C26H23ClN2O4. The molecule has 1 N–H and O–H groups in total. The van der Waals surface area contributed by atoms with Gasteiger partial charge < -0.3 is 14.8 Å². The number of aryl methyl sites for hydroxylation is 2. The fraction of sp³-hybridized carbons (Fsp3) is 0.154. The van der Waals surface area contributed by atoms with Gasteiger partial charge in [0.05, 0.1) is 25.5 Å². The Morgan fingerprint density at radius 2 is 1.52 bits per heavy atom. The maximum Gasteiger partial charge on any atom is 0.282 e. The fourth-order valence-electron chi connectivity index (χ4n) is 3.86. The molecule has 1 aliphatic rings. The summed E-state index contributed by atoms with van der Waals surface area (Å²) in [6.45, 7) is 3.84. The summed E-state index contributed by atoms with van der Waals surface area (Å²) >= 11 is 6.05. The van der Waals surface area contributed by atoms with Gasteiger partial charge in [0.25, 0.3) is 11.8 Å². The normalized spacial score (nSPS) is 13.5. The zero-order valence-corrected chi connectivity index (χ0v) is 19.5. The van der Waals surface area contributed by atoms with E-state index in [0.717, 1.165) is 11.1 Å². The average Bonchev–Trinajstić information content (AvgIpc) is 3.04. The first kappa shape index (κ1) is 22.4. The Hall–Kier alpha value is -3.77. The maximum atomic E-state index is 13.6. The topological polar surface area (TPSA) is 67.9 Å². The molecule has 0 saturated heterocycles. The standard InChI is InChI=1S/C26H23ClN2O4/c1-15-5-11-20(16(2)13-15)29-25(30)23(17-6-8-18(27)9-7-17)24(26(29)31)28-19-10-12-21(32-3)22(14-19)33-4/h5-14,28H,1-4H3. The molecule has 2 amide bonds. The van der Waals surface area contributed by atoms with Gasteiger partial charge in [-0.25, -0.2) is 4.90 Å². The van der Waals surface area contributed by atoms with Gasteiger partial charge in [-0.3, -0.25) is 9.59 Å². The van der Waals surface area contributed by atoms with E-state index in [1.165, 1.54) is 12.0 Å². The number of halogens is 1. The largest absolute Gasteiger partial charge is 0.493 e. The molecule has 3 aromatic carbocycles. The van der Waals surface area contributed by atoms with Gasteiger partial charge in [0.2, 0.25) is 0 Å². The smallest absolute Gasteiger partial charge is 0.282 e. The Bertz CT molecular complexity index is 1280. The summed E-state index contributed by atoms with van der Waals surface area (Å²) < 4.78 is 10.7. The predicted molar refractivity (Wildman–Crippen MR) is 130 cm³/mol. The van der Waals surface area contributed by atoms with Gasteiger partial charge in [-0.05, 0) is 55.3 Å². The van der Waals surface area contributed by atoms with Crippen molar-refractivity contribution in [3.63, 3.8) is 0 Å². The summed E-state index contributed by atoms with van der Waals surface area (Å²) in [5.74, 6) is 0.212. The van der Waals surface area contributed by atoms with Crippen LogP contribution in [0.15, 0.2) is 66.4 Å². The Balaban J connectivity index is 1.83. The quantitative estimate of drug-likeness (QED) is 0.499. The molecule has 168 valence electrons. The highest BCUT2D eigenvalue weighted by Gasteiger charge is 2.40. The van der Waals surface area contributed by atoms with Gasteiger partial charge in [0, 0.05) is 16.8 Å². The molecule has 0 aliphatic carbocycles. The van der Waals surface area contributed by atoms with Crippen molar-refractivity contribution in [2.75, 3.05) is 24.4 Å². The molecule has 3 aromatic rings. The summed E-state index contributed by atoms with van der Waals surface area (Å²) in [6, 6.07) is 17.6. The van der Waals surface area contributed by atoms with Crippen molar-refractivity contribution in [2.24, 2.45) is 0 Å². The lowest BCUT2D eigenvalue weighted by atomic mass is 10.0. The molecule has 0 atom stereocenters. The van der Waals surface area contributed by atoms with Crippen LogP contribution in [0.5, 0.6) is 11.5 Å². The van der Waals surface area contributed by atoms with Crippen LogP contribution in [0.2, 0.25) is 5.02 Å². The summed E-state index contributed by atoms with van der Waals surface area (Å²) in [6.07, 6.45) is 0. The first-order valence-electron chi connectivity index (χ1n) is 10.3. The van der Waals surface area contributed by atoms with Crippen molar-refractivity contribution in [3.8, 4) is 11.5 Å². The van der Waals surface area contributed by atoms with Gasteiger partial charge in [-0.1, -0.05) is 41.4 Å². The van der Waals surface area contributed by atoms with Crippen LogP contribution in [0.25, 0.3) is 5.57 Å². The number of nitrogens with one attached hydrogen (secondary N) is 1. The Morgan fingerprint density at radius 1 is 0.818 bits per heavy atom. The molecule has 0 fully saturated rings. The molecule has 4 rings (SSSR count). The number of benzene rings is 3. The molecule has 0 unspecified atom stereocenters. The molecule has 0 radical (unpaired) electrons. The summed E-state index contributed by atoms with van der Waals surface area (Å²) in [7, 11) is 3.08. The number of carbonyl (C=O) groups is 2. The summed E-state index contributed by atoms with van der Waals surface area (Å²) in [4.78, 5) is 28.4. The van der Waals surface area contributed by atoms with Gasteiger partial charge >= 0.3 is 0 Å². The van der Waals surface area contributed by atoms with Crippen LogP contribution in [0.3, 0.4) is 0 Å². The van der Waals surface area contributed by atoms with Crippen LogP contribution in [0, 0.1) is 13.8 Å². The first-order valence-corrected chi connectivity index (χ1v) is 10.7. The molecule has 7 heteroatoms. The Morgan fingerprint density at radius 3 is 2.15 bits per heavy atom. The average molecular weight is 463 g/mol. The number of ether oxygens (including phenoxy) is 2. The minimum absolute atomic E-state index is 0.175. The number of imide groups is 1. The van der Waals surface area contributed by atoms with Crippen LogP contribution in [0.1, 0.15) is 16.7 Å². The van der Waals surface area contributed by atoms with Gasteiger partial charge in [0.15, 0.2) is 11.5 Å². The highest BCUT2D eigenvalue weighted by Crippen LogP contribution is 2.37. The minimum atomic E-state index is -0.438. The van der Waals surface area contributed by atoms with Crippen molar-refractivity contribution in [3.05, 3.63) is 88.1 Å². The van der Waals surface area contributed by atoms with E-state index in [2.05, 4.69) is 5.32 Å². The van der Waals surface area contributed by atoms with Crippen molar-refractivity contribution in [1.29, 1.82) is 0 Å². The number of anilines is 2. The molecule has 6 nitrogen and oxygen atoms in total. The fourth-order valence-corrected chi connectivity index (χ4v) is 3.99. The van der Waals surface area contributed by atoms with Crippen LogP contribution in [0.4, 0.5) is 11.4 Å². The third-order valence-electron chi connectivity index (χ3n) is 5.46. The van der Waals surface area contributed by atoms with Gasteiger partial charge in [-0.2, -0.15) is 0 Å². The van der Waals surface area contributed by atoms with Crippen LogP contribution in [-0.4, -0.2) is 26.0 Å². The second-order valence-electron chi connectivity index (χ2n) is 7.69. The SMILES string of the molecule is COc1ccc(NC2=C(c3ccc(Cl)cc3)C(=O)N(c3ccc(C)cc3C)C2=O)cc1OC. The van der Waals surface area contributed by atoms with Gasteiger partial charge in [-0.15, -0.1) is 0 Å². The first-order chi connectivity index (χ1) is 15.8. The van der Waals surface area contributed by atoms with Crippen LogP contribution in [-0.2, 0) is 9.59 Å². The molecule has 0 bridgehead atoms. The number of hydrogen-bond donors (Lipinski definition) is 1. The Labute approximate surface area is 197 Å². The molecule has 1 aliphatic heterocycles. The zero-order valence-electron chi connectivity index (χ0n) is 18.7. The van der Waals surface area contributed by atoms with E-state index in [1.54, 1.807) is 55.6 Å². The second kappa shape index (κ2) is 9.00. The molecular weight excluding hydrogens is 440 g/mol. The maximum absolute atomic E-state index is 13.6. The number of rotatable bonds is 6. The van der Waals surface area contributed by atoms with E-state index in [1.807, 2.05) is 26.0 Å². The third kappa shape index (κ3) is 4.17. The third-order valence-corrected chi connectivity index (χ3v) is 5.71. The number of hydrogen-bond acceptors (Lipinski definition) is 5.